The van der Waals surface area contributed by atoms with Crippen LogP contribution in [0.4, 0.5) is 4.39 Å². The highest BCUT2D eigenvalue weighted by molar-refractivity contribution is 5.82. The van der Waals surface area contributed by atoms with Crippen molar-refractivity contribution in [3.8, 4) is 11.5 Å². The number of halogens is 1. The third-order valence-electron chi connectivity index (χ3n) is 2.86. The van der Waals surface area contributed by atoms with Crippen LogP contribution in [0.5, 0.6) is 11.5 Å². The maximum atomic E-state index is 13.4. The first kappa shape index (κ1) is 11.6. The minimum atomic E-state index is -0.395. The van der Waals surface area contributed by atoms with Gasteiger partial charge in [0.15, 0.2) is 11.6 Å². The highest BCUT2D eigenvalue weighted by atomic mass is 19.1. The predicted octanol–water partition coefficient (Wildman–Crippen LogP) is 3.86. The summed E-state index contributed by atoms with van der Waals surface area (Å²) in [5.74, 6) is -0.0491. The van der Waals surface area contributed by atoms with E-state index < -0.39 is 5.82 Å². The summed E-state index contributed by atoms with van der Waals surface area (Å²) >= 11 is 0. The lowest BCUT2D eigenvalue weighted by Crippen LogP contribution is -1.96. The van der Waals surface area contributed by atoms with Crippen LogP contribution < -0.4 is 4.74 Å². The van der Waals surface area contributed by atoms with E-state index >= 15 is 0 Å². The van der Waals surface area contributed by atoms with Crippen LogP contribution in [0.15, 0.2) is 53.1 Å². The number of hydrogen-bond donors (Lipinski definition) is 1. The van der Waals surface area contributed by atoms with Crippen molar-refractivity contribution in [1.82, 2.24) is 0 Å². The van der Waals surface area contributed by atoms with Gasteiger partial charge in [0.05, 0.1) is 6.26 Å². The Morgan fingerprint density at radius 2 is 2.00 bits per heavy atom. The monoisotopic (exact) mass is 258 g/mol. The van der Waals surface area contributed by atoms with Crippen LogP contribution in [0, 0.1) is 5.82 Å². The second-order valence-corrected chi connectivity index (χ2v) is 4.16. The highest BCUT2D eigenvalue weighted by Crippen LogP contribution is 2.26. The van der Waals surface area contributed by atoms with Crippen LogP contribution in [0.1, 0.15) is 5.56 Å². The van der Waals surface area contributed by atoms with Crippen molar-refractivity contribution in [3.05, 3.63) is 60.1 Å². The molecule has 1 N–H and O–H groups in total. The van der Waals surface area contributed by atoms with E-state index in [1.54, 1.807) is 36.6 Å². The van der Waals surface area contributed by atoms with Crippen molar-refractivity contribution in [3.63, 3.8) is 0 Å². The number of phenolic OH excluding ortho intramolecular Hbond substituents is 1. The Labute approximate surface area is 108 Å². The molecule has 3 nitrogen and oxygen atoms in total. The van der Waals surface area contributed by atoms with Crippen LogP contribution >= 0.6 is 0 Å². The Bertz CT molecular complexity index is 718. The number of aromatic hydroxyl groups is 1. The summed E-state index contributed by atoms with van der Waals surface area (Å²) in [6.45, 7) is 0.207. The van der Waals surface area contributed by atoms with Crippen LogP contribution in [0.2, 0.25) is 0 Å². The Balaban J connectivity index is 1.84. The van der Waals surface area contributed by atoms with Gasteiger partial charge in [-0.2, -0.15) is 0 Å². The first-order valence-electron chi connectivity index (χ1n) is 5.80. The molecule has 96 valence electrons. The zero-order valence-corrected chi connectivity index (χ0v) is 9.97. The Morgan fingerprint density at radius 3 is 2.84 bits per heavy atom. The van der Waals surface area contributed by atoms with Gasteiger partial charge in [-0.15, -0.1) is 0 Å². The zero-order chi connectivity index (χ0) is 13.2. The molecule has 4 heteroatoms. The summed E-state index contributed by atoms with van der Waals surface area (Å²) in [5.41, 5.74) is 1.38. The van der Waals surface area contributed by atoms with Crippen molar-refractivity contribution in [2.75, 3.05) is 0 Å². The number of benzene rings is 2. The van der Waals surface area contributed by atoms with E-state index in [-0.39, 0.29) is 18.1 Å². The number of hydrogen-bond acceptors (Lipinski definition) is 3. The number of furan rings is 1. The molecule has 1 heterocycles. The lowest BCUT2D eigenvalue weighted by atomic mass is 10.2. The van der Waals surface area contributed by atoms with Gasteiger partial charge in [0.1, 0.15) is 17.9 Å². The molecule has 3 rings (SSSR count). The van der Waals surface area contributed by atoms with Crippen LogP contribution in [-0.2, 0) is 6.61 Å². The molecular formula is C15H11FO3. The van der Waals surface area contributed by atoms with Crippen LogP contribution in [-0.4, -0.2) is 5.11 Å². The van der Waals surface area contributed by atoms with Crippen molar-refractivity contribution < 1.29 is 18.7 Å². The molecule has 3 aromatic rings. The minimum Gasteiger partial charge on any atom is -0.508 e. The molecule has 0 unspecified atom stereocenters. The molecule has 2 aromatic carbocycles. The van der Waals surface area contributed by atoms with Gasteiger partial charge in [0, 0.05) is 17.0 Å². The van der Waals surface area contributed by atoms with Crippen molar-refractivity contribution in [2.24, 2.45) is 0 Å². The van der Waals surface area contributed by atoms with E-state index in [4.69, 9.17) is 9.15 Å². The summed E-state index contributed by atoms with van der Waals surface area (Å²) in [6.07, 6.45) is 1.55. The summed E-state index contributed by atoms with van der Waals surface area (Å²) in [4.78, 5) is 0. The van der Waals surface area contributed by atoms with Crippen molar-refractivity contribution >= 4 is 11.0 Å². The molecule has 0 fully saturated rings. The smallest absolute Gasteiger partial charge is 0.165 e. The fourth-order valence-electron chi connectivity index (χ4n) is 1.90. The fraction of sp³-hybridized carbons (Fsp3) is 0.0667. The molecule has 0 atom stereocenters. The molecule has 0 aliphatic heterocycles. The summed E-state index contributed by atoms with van der Waals surface area (Å²) in [7, 11) is 0. The number of fused-ring (bicyclic) bond motifs is 1. The van der Waals surface area contributed by atoms with Crippen LogP contribution in [0.3, 0.4) is 0 Å². The standard InChI is InChI=1S/C15H11FO3/c16-13-3-1-2-4-14(13)18-8-10-9-19-15-7-11(17)5-6-12(10)15/h1-7,9,17H,8H2. The molecule has 0 saturated heterocycles. The van der Waals surface area contributed by atoms with Crippen molar-refractivity contribution in [2.45, 2.75) is 6.61 Å². The van der Waals surface area contributed by atoms with E-state index in [1.165, 1.54) is 12.1 Å². The van der Waals surface area contributed by atoms with E-state index in [9.17, 15) is 9.50 Å². The largest absolute Gasteiger partial charge is 0.508 e. The molecule has 19 heavy (non-hydrogen) atoms. The van der Waals surface area contributed by atoms with Gasteiger partial charge in [0.2, 0.25) is 0 Å². The summed E-state index contributed by atoms with van der Waals surface area (Å²) in [5, 5.41) is 10.2. The van der Waals surface area contributed by atoms with E-state index in [1.807, 2.05) is 0 Å². The van der Waals surface area contributed by atoms with Gasteiger partial charge in [-0.05, 0) is 24.3 Å². The zero-order valence-electron chi connectivity index (χ0n) is 9.97. The Morgan fingerprint density at radius 1 is 1.16 bits per heavy atom. The second-order valence-electron chi connectivity index (χ2n) is 4.16. The van der Waals surface area contributed by atoms with Gasteiger partial charge < -0.3 is 14.3 Å². The average molecular weight is 258 g/mol. The lowest BCUT2D eigenvalue weighted by Gasteiger charge is -2.05. The molecule has 0 saturated carbocycles. The van der Waals surface area contributed by atoms with Gasteiger partial charge >= 0.3 is 0 Å². The summed E-state index contributed by atoms with van der Waals surface area (Å²) in [6, 6.07) is 11.1. The highest BCUT2D eigenvalue weighted by Gasteiger charge is 2.08. The number of para-hydroxylation sites is 1. The molecule has 0 spiro atoms. The molecular weight excluding hydrogens is 247 g/mol. The second kappa shape index (κ2) is 4.65. The maximum Gasteiger partial charge on any atom is 0.165 e. The first-order valence-corrected chi connectivity index (χ1v) is 5.80. The van der Waals surface area contributed by atoms with Crippen LogP contribution in [0.25, 0.3) is 11.0 Å². The molecule has 1 aromatic heterocycles. The predicted molar refractivity (Wildman–Crippen MR) is 68.6 cm³/mol. The van der Waals surface area contributed by atoms with E-state index in [0.717, 1.165) is 10.9 Å². The molecule has 0 aliphatic rings. The van der Waals surface area contributed by atoms with E-state index in [0.29, 0.717) is 5.58 Å². The third-order valence-corrected chi connectivity index (χ3v) is 2.86. The van der Waals surface area contributed by atoms with Gasteiger partial charge in [-0.1, -0.05) is 12.1 Å². The quantitative estimate of drug-likeness (QED) is 0.775. The number of rotatable bonds is 3. The number of phenols is 1. The molecule has 0 bridgehead atoms. The van der Waals surface area contributed by atoms with E-state index in [2.05, 4.69) is 0 Å². The molecule has 0 aliphatic carbocycles. The van der Waals surface area contributed by atoms with Crippen molar-refractivity contribution in [1.29, 1.82) is 0 Å². The minimum absolute atomic E-state index is 0.142. The molecule has 0 radical (unpaired) electrons. The lowest BCUT2D eigenvalue weighted by molar-refractivity contribution is 0.290. The topological polar surface area (TPSA) is 42.6 Å². The summed E-state index contributed by atoms with van der Waals surface area (Å²) < 4.78 is 24.1. The van der Waals surface area contributed by atoms with Gasteiger partial charge in [-0.3, -0.25) is 0 Å². The Kier molecular flexibility index (Phi) is 2.83. The van der Waals surface area contributed by atoms with Gasteiger partial charge in [0.25, 0.3) is 0 Å². The third kappa shape index (κ3) is 2.25. The number of ether oxygens (including phenoxy) is 1. The Hall–Kier alpha value is -2.49. The SMILES string of the molecule is Oc1ccc2c(COc3ccccc3F)coc2c1. The average Bonchev–Trinajstić information content (AvgIpc) is 2.80. The fourth-order valence-corrected chi connectivity index (χ4v) is 1.90. The molecule has 0 amide bonds. The normalized spacial score (nSPS) is 10.8. The van der Waals surface area contributed by atoms with Gasteiger partial charge in [-0.25, -0.2) is 4.39 Å². The maximum absolute atomic E-state index is 13.4. The first-order chi connectivity index (χ1) is 9.24.